The van der Waals surface area contributed by atoms with Crippen LogP contribution in [0.15, 0.2) is 92.0 Å². The third-order valence-corrected chi connectivity index (χ3v) is 7.29. The minimum absolute atomic E-state index is 0.0947. The first-order valence-corrected chi connectivity index (χ1v) is 12.0. The number of Topliss-reactive ketones (excluding diaryl/α,β-unsaturated/α-hetero) is 1. The number of nitro benzene ring substituents is 1. The number of carbonyl (C=O) groups excluding carboxylic acids is 1. The van der Waals surface area contributed by atoms with Crippen LogP contribution >= 0.6 is 23.2 Å². The lowest BCUT2D eigenvalue weighted by Crippen LogP contribution is -2.16. The lowest BCUT2D eigenvalue weighted by molar-refractivity contribution is -0.384. The summed E-state index contributed by atoms with van der Waals surface area (Å²) in [4.78, 5) is 35.7. The molecule has 0 aliphatic rings. The first-order chi connectivity index (χ1) is 16.6. The van der Waals surface area contributed by atoms with Gasteiger partial charge in [-0.2, -0.15) is 0 Å². The van der Waals surface area contributed by atoms with E-state index in [1.807, 2.05) is 0 Å². The molecule has 0 aliphatic carbocycles. The number of ketones is 1. The van der Waals surface area contributed by atoms with Crippen LogP contribution in [0.1, 0.15) is 15.9 Å². The van der Waals surface area contributed by atoms with Crippen LogP contribution in [-0.4, -0.2) is 19.1 Å². The van der Waals surface area contributed by atoms with Crippen LogP contribution in [0.3, 0.4) is 0 Å². The van der Waals surface area contributed by atoms with E-state index in [9.17, 15) is 28.1 Å². The highest BCUT2D eigenvalue weighted by Gasteiger charge is 2.29. The SMILES string of the molecule is O=C(/C(=C/c1coc2ccc(Cl)cc2c1=O)S(=O)(=O)c1ccc(Cl)cc1)c1ccc([N+](=O)[O-])cc1. The summed E-state index contributed by atoms with van der Waals surface area (Å²) in [6, 6.07) is 13.9. The number of allylic oxidation sites excluding steroid dienone is 1. The third-order valence-electron chi connectivity index (χ3n) is 5.03. The zero-order valence-corrected chi connectivity index (χ0v) is 19.8. The molecule has 1 heterocycles. The van der Waals surface area contributed by atoms with Gasteiger partial charge in [-0.05, 0) is 60.7 Å². The van der Waals surface area contributed by atoms with Gasteiger partial charge in [-0.3, -0.25) is 19.7 Å². The van der Waals surface area contributed by atoms with E-state index < -0.39 is 30.9 Å². The Labute approximate surface area is 208 Å². The van der Waals surface area contributed by atoms with E-state index in [0.717, 1.165) is 36.6 Å². The number of nitro groups is 1. The van der Waals surface area contributed by atoms with Crippen LogP contribution < -0.4 is 5.43 Å². The van der Waals surface area contributed by atoms with Gasteiger partial charge in [0.05, 0.1) is 20.8 Å². The maximum atomic E-state index is 13.5. The molecule has 0 bridgehead atoms. The van der Waals surface area contributed by atoms with Gasteiger partial charge in [0.25, 0.3) is 5.69 Å². The molecule has 0 N–H and O–H groups in total. The van der Waals surface area contributed by atoms with E-state index in [2.05, 4.69) is 0 Å². The summed E-state index contributed by atoms with van der Waals surface area (Å²) in [5.41, 5.74) is -0.996. The average Bonchev–Trinajstić information content (AvgIpc) is 2.84. The minimum Gasteiger partial charge on any atom is -0.463 e. The zero-order chi connectivity index (χ0) is 25.3. The fourth-order valence-electron chi connectivity index (χ4n) is 3.24. The summed E-state index contributed by atoms with van der Waals surface area (Å²) < 4.78 is 32.4. The molecule has 0 fully saturated rings. The number of non-ortho nitro benzene ring substituents is 1. The molecule has 0 atom stereocenters. The summed E-state index contributed by atoms with van der Waals surface area (Å²) in [5, 5.41) is 11.6. The van der Waals surface area contributed by atoms with Crippen molar-refractivity contribution in [2.45, 2.75) is 4.90 Å². The van der Waals surface area contributed by atoms with Crippen LogP contribution in [0.25, 0.3) is 17.0 Å². The number of hydrogen-bond donors (Lipinski definition) is 0. The Hall–Kier alpha value is -3.79. The van der Waals surface area contributed by atoms with Crippen molar-refractivity contribution in [3.63, 3.8) is 0 Å². The molecule has 0 unspecified atom stereocenters. The summed E-state index contributed by atoms with van der Waals surface area (Å²) in [6.07, 6.45) is 1.96. The Kier molecular flexibility index (Phi) is 6.58. The van der Waals surface area contributed by atoms with Crippen molar-refractivity contribution in [1.29, 1.82) is 0 Å². The highest BCUT2D eigenvalue weighted by atomic mass is 35.5. The molecule has 4 rings (SSSR count). The summed E-state index contributed by atoms with van der Waals surface area (Å²) in [5.74, 6) is -0.972. The highest BCUT2D eigenvalue weighted by molar-refractivity contribution is 7.96. The van der Waals surface area contributed by atoms with Crippen LogP contribution in [-0.2, 0) is 9.84 Å². The van der Waals surface area contributed by atoms with Crippen LogP contribution in [0.5, 0.6) is 0 Å². The molecule has 11 heteroatoms. The largest absolute Gasteiger partial charge is 0.463 e. The fourth-order valence-corrected chi connectivity index (χ4v) is 4.93. The molecule has 0 saturated heterocycles. The molecule has 0 spiro atoms. The number of nitrogens with zero attached hydrogens (tertiary/aromatic N) is 1. The zero-order valence-electron chi connectivity index (χ0n) is 17.5. The minimum atomic E-state index is -4.46. The van der Waals surface area contributed by atoms with E-state index >= 15 is 0 Å². The van der Waals surface area contributed by atoms with Crippen molar-refractivity contribution in [2.75, 3.05) is 0 Å². The second-order valence-corrected chi connectivity index (χ2v) is 10.1. The van der Waals surface area contributed by atoms with Gasteiger partial charge in [-0.25, -0.2) is 8.42 Å². The number of benzene rings is 3. The van der Waals surface area contributed by atoms with Crippen molar-refractivity contribution < 1.29 is 22.6 Å². The highest BCUT2D eigenvalue weighted by Crippen LogP contribution is 2.27. The van der Waals surface area contributed by atoms with E-state index in [-0.39, 0.29) is 42.7 Å². The van der Waals surface area contributed by atoms with Crippen molar-refractivity contribution in [3.8, 4) is 0 Å². The van der Waals surface area contributed by atoms with Gasteiger partial charge >= 0.3 is 0 Å². The fraction of sp³-hybridized carbons (Fsp3) is 0. The predicted octanol–water partition coefficient (Wildman–Crippen LogP) is 5.71. The Morgan fingerprint density at radius 2 is 1.57 bits per heavy atom. The molecule has 8 nitrogen and oxygen atoms in total. The monoisotopic (exact) mass is 529 g/mol. The van der Waals surface area contributed by atoms with E-state index in [0.29, 0.717) is 0 Å². The van der Waals surface area contributed by atoms with Crippen molar-refractivity contribution in [3.05, 3.63) is 119 Å². The molecule has 0 radical (unpaired) electrons. The molecule has 0 aliphatic heterocycles. The molecular formula is C24H13Cl2NO7S. The number of carbonyl (C=O) groups is 1. The maximum Gasteiger partial charge on any atom is 0.269 e. The Morgan fingerprint density at radius 1 is 0.943 bits per heavy atom. The topological polar surface area (TPSA) is 125 Å². The number of fused-ring (bicyclic) bond motifs is 1. The first kappa shape index (κ1) is 24.3. The summed E-state index contributed by atoms with van der Waals surface area (Å²) in [6.45, 7) is 0. The van der Waals surface area contributed by atoms with E-state index in [1.54, 1.807) is 0 Å². The lowest BCUT2D eigenvalue weighted by Gasteiger charge is -2.10. The molecular weight excluding hydrogens is 517 g/mol. The standard InChI is InChI=1S/C24H13Cl2NO7S/c25-16-3-8-19(9-4-16)35(32,33)22(24(29)14-1-6-18(7-2-14)27(30)31)11-15-13-34-21-10-5-17(26)12-20(21)23(15)28/h1-13H/b22-11-. The molecule has 4 aromatic rings. The second kappa shape index (κ2) is 9.46. The molecule has 35 heavy (non-hydrogen) atoms. The first-order valence-electron chi connectivity index (χ1n) is 9.80. The van der Waals surface area contributed by atoms with Crippen LogP contribution in [0.4, 0.5) is 5.69 Å². The molecule has 1 aromatic heterocycles. The molecule has 176 valence electrons. The molecule has 0 amide bonds. The van der Waals surface area contributed by atoms with Gasteiger partial charge in [0.15, 0.2) is 5.43 Å². The predicted molar refractivity (Wildman–Crippen MR) is 132 cm³/mol. The van der Waals surface area contributed by atoms with Gasteiger partial charge in [-0.15, -0.1) is 0 Å². The third kappa shape index (κ3) is 4.88. The second-order valence-electron chi connectivity index (χ2n) is 7.26. The summed E-state index contributed by atoms with van der Waals surface area (Å²) in [7, 11) is -4.46. The number of hydrogen-bond acceptors (Lipinski definition) is 7. The number of rotatable bonds is 6. The van der Waals surface area contributed by atoms with Gasteiger partial charge in [0.1, 0.15) is 16.8 Å². The van der Waals surface area contributed by atoms with Crippen molar-refractivity contribution in [2.24, 2.45) is 0 Å². The van der Waals surface area contributed by atoms with Crippen molar-refractivity contribution >= 4 is 61.6 Å². The van der Waals surface area contributed by atoms with E-state index in [1.165, 1.54) is 42.5 Å². The maximum absolute atomic E-state index is 13.5. The Bertz CT molecular complexity index is 1670. The lowest BCUT2D eigenvalue weighted by atomic mass is 10.1. The normalized spacial score (nSPS) is 12.0. The number of sulfone groups is 1. The van der Waals surface area contributed by atoms with E-state index in [4.69, 9.17) is 27.6 Å². The van der Waals surface area contributed by atoms with Gasteiger partial charge in [0.2, 0.25) is 15.6 Å². The Morgan fingerprint density at radius 3 is 2.20 bits per heavy atom. The smallest absolute Gasteiger partial charge is 0.269 e. The quantitative estimate of drug-likeness (QED) is 0.135. The molecule has 3 aromatic carbocycles. The molecule has 0 saturated carbocycles. The van der Waals surface area contributed by atoms with Crippen LogP contribution in [0, 0.1) is 10.1 Å². The van der Waals surface area contributed by atoms with Gasteiger partial charge in [-0.1, -0.05) is 23.2 Å². The summed E-state index contributed by atoms with van der Waals surface area (Å²) >= 11 is 11.8. The van der Waals surface area contributed by atoms with Crippen LogP contribution in [0.2, 0.25) is 10.0 Å². The Balaban J connectivity index is 1.93. The number of halogens is 2. The van der Waals surface area contributed by atoms with Gasteiger partial charge in [0, 0.05) is 27.7 Å². The average molecular weight is 530 g/mol. The van der Waals surface area contributed by atoms with Gasteiger partial charge < -0.3 is 4.42 Å². The van der Waals surface area contributed by atoms with Crippen molar-refractivity contribution in [1.82, 2.24) is 0 Å².